The highest BCUT2D eigenvalue weighted by molar-refractivity contribution is 6.04. The first kappa shape index (κ1) is 9.51. The lowest BCUT2D eigenvalue weighted by molar-refractivity contribution is -0.120. The van der Waals surface area contributed by atoms with E-state index in [-0.39, 0.29) is 5.91 Å². The fraction of sp³-hybridized carbons (Fsp3) is 0.200. The Morgan fingerprint density at radius 3 is 2.33 bits per heavy atom. The Morgan fingerprint density at radius 2 is 1.87 bits per heavy atom. The lowest BCUT2D eigenvalue weighted by Crippen LogP contribution is -2.22. The van der Waals surface area contributed by atoms with Crippen LogP contribution in [0.2, 0.25) is 0 Å². The van der Waals surface area contributed by atoms with E-state index in [4.69, 9.17) is 4.74 Å². The van der Waals surface area contributed by atoms with Gasteiger partial charge in [0.2, 0.25) is 0 Å². The summed E-state index contributed by atoms with van der Waals surface area (Å²) in [5, 5.41) is 4.69. The first-order chi connectivity index (χ1) is 7.20. The minimum absolute atomic E-state index is 0.329. The lowest BCUT2D eigenvalue weighted by atomic mass is 10.1. The molecular formula is C10H10N2O3. The number of hydrogen-bond acceptors (Lipinski definition) is 3. The van der Waals surface area contributed by atoms with Crippen LogP contribution in [0.4, 0.5) is 4.79 Å². The number of imide groups is 1. The van der Waals surface area contributed by atoms with Gasteiger partial charge in [-0.2, -0.15) is 0 Å². The average molecular weight is 206 g/mol. The molecule has 2 rings (SSSR count). The van der Waals surface area contributed by atoms with Crippen molar-refractivity contribution in [2.24, 2.45) is 0 Å². The second-order valence-corrected chi connectivity index (χ2v) is 3.17. The molecule has 1 aliphatic rings. The molecule has 0 spiro atoms. The summed E-state index contributed by atoms with van der Waals surface area (Å²) in [6, 6.07) is 5.92. The Balaban J connectivity index is 2.22. The van der Waals surface area contributed by atoms with Crippen LogP contribution in [0.1, 0.15) is 11.6 Å². The number of amides is 3. The van der Waals surface area contributed by atoms with Gasteiger partial charge >= 0.3 is 6.03 Å². The van der Waals surface area contributed by atoms with Crippen molar-refractivity contribution in [1.29, 1.82) is 0 Å². The molecule has 1 aliphatic heterocycles. The van der Waals surface area contributed by atoms with E-state index in [2.05, 4.69) is 10.6 Å². The molecule has 1 heterocycles. The van der Waals surface area contributed by atoms with Gasteiger partial charge in [0, 0.05) is 0 Å². The number of rotatable bonds is 2. The quantitative estimate of drug-likeness (QED) is 0.695. The van der Waals surface area contributed by atoms with Gasteiger partial charge in [0.15, 0.2) is 0 Å². The molecule has 1 saturated heterocycles. The van der Waals surface area contributed by atoms with Crippen molar-refractivity contribution in [3.05, 3.63) is 29.8 Å². The van der Waals surface area contributed by atoms with Crippen molar-refractivity contribution in [2.45, 2.75) is 6.04 Å². The molecule has 0 saturated carbocycles. The Morgan fingerprint density at radius 1 is 1.20 bits per heavy atom. The fourth-order valence-corrected chi connectivity index (χ4v) is 1.45. The monoisotopic (exact) mass is 206 g/mol. The van der Waals surface area contributed by atoms with Crippen LogP contribution in [0.5, 0.6) is 5.75 Å². The van der Waals surface area contributed by atoms with Crippen LogP contribution >= 0.6 is 0 Å². The maximum atomic E-state index is 11.3. The SMILES string of the molecule is COc1ccc([C@@H]2NC(=O)NC2=O)cc1. The molecule has 15 heavy (non-hydrogen) atoms. The number of ether oxygens (including phenoxy) is 1. The lowest BCUT2D eigenvalue weighted by Gasteiger charge is -2.07. The van der Waals surface area contributed by atoms with E-state index in [9.17, 15) is 9.59 Å². The normalized spacial score (nSPS) is 19.7. The Kier molecular flexibility index (Phi) is 2.29. The molecule has 1 atom stereocenters. The van der Waals surface area contributed by atoms with Gasteiger partial charge in [0.1, 0.15) is 11.8 Å². The molecule has 0 bridgehead atoms. The Bertz CT molecular complexity index is 400. The van der Waals surface area contributed by atoms with Crippen LogP contribution in [0, 0.1) is 0 Å². The van der Waals surface area contributed by atoms with E-state index in [0.29, 0.717) is 5.75 Å². The molecule has 1 aromatic rings. The van der Waals surface area contributed by atoms with Crippen LogP contribution in [-0.2, 0) is 4.79 Å². The summed E-state index contributed by atoms with van der Waals surface area (Å²) in [5.74, 6) is 0.383. The zero-order valence-corrected chi connectivity index (χ0v) is 8.11. The molecule has 1 fully saturated rings. The third kappa shape index (κ3) is 1.76. The maximum Gasteiger partial charge on any atom is 0.322 e. The number of nitrogens with one attached hydrogen (secondary N) is 2. The second kappa shape index (κ2) is 3.61. The Labute approximate surface area is 86.4 Å². The molecule has 0 unspecified atom stereocenters. The summed E-state index contributed by atoms with van der Waals surface area (Å²) in [4.78, 5) is 22.2. The number of methoxy groups -OCH3 is 1. The molecule has 0 aliphatic carbocycles. The standard InChI is InChI=1S/C10H10N2O3/c1-15-7-4-2-6(3-5-7)8-9(13)12-10(14)11-8/h2-5,8H,1H3,(H2,11,12,13,14)/t8-/m0/s1. The van der Waals surface area contributed by atoms with Gasteiger partial charge in [0.25, 0.3) is 5.91 Å². The zero-order chi connectivity index (χ0) is 10.8. The van der Waals surface area contributed by atoms with Gasteiger partial charge < -0.3 is 10.1 Å². The van der Waals surface area contributed by atoms with E-state index in [1.807, 2.05) is 0 Å². The van der Waals surface area contributed by atoms with Gasteiger partial charge in [-0.05, 0) is 17.7 Å². The smallest absolute Gasteiger partial charge is 0.322 e. The van der Waals surface area contributed by atoms with Crippen molar-refractivity contribution >= 4 is 11.9 Å². The number of benzene rings is 1. The highest BCUT2D eigenvalue weighted by Crippen LogP contribution is 2.19. The maximum absolute atomic E-state index is 11.3. The predicted molar refractivity (Wildman–Crippen MR) is 52.4 cm³/mol. The fourth-order valence-electron chi connectivity index (χ4n) is 1.45. The predicted octanol–water partition coefficient (Wildman–Crippen LogP) is 0.576. The van der Waals surface area contributed by atoms with Gasteiger partial charge in [-0.3, -0.25) is 10.1 Å². The van der Waals surface area contributed by atoms with E-state index < -0.39 is 12.1 Å². The van der Waals surface area contributed by atoms with Gasteiger partial charge in [-0.15, -0.1) is 0 Å². The van der Waals surface area contributed by atoms with Gasteiger partial charge in [-0.1, -0.05) is 12.1 Å². The van der Waals surface area contributed by atoms with E-state index in [0.717, 1.165) is 5.56 Å². The molecule has 0 aromatic heterocycles. The van der Waals surface area contributed by atoms with Crippen LogP contribution < -0.4 is 15.4 Å². The average Bonchev–Trinajstić information content (AvgIpc) is 2.58. The van der Waals surface area contributed by atoms with Crippen molar-refractivity contribution < 1.29 is 14.3 Å². The van der Waals surface area contributed by atoms with Crippen molar-refractivity contribution in [2.75, 3.05) is 7.11 Å². The summed E-state index contributed by atoms with van der Waals surface area (Å²) >= 11 is 0. The summed E-state index contributed by atoms with van der Waals surface area (Å²) in [6.45, 7) is 0. The highest BCUT2D eigenvalue weighted by Gasteiger charge is 2.30. The van der Waals surface area contributed by atoms with E-state index in [1.54, 1.807) is 31.4 Å². The molecule has 3 amide bonds. The number of hydrogen-bond donors (Lipinski definition) is 2. The van der Waals surface area contributed by atoms with Crippen molar-refractivity contribution in [3.8, 4) is 5.75 Å². The Hall–Kier alpha value is -2.04. The minimum Gasteiger partial charge on any atom is -0.497 e. The molecule has 5 nitrogen and oxygen atoms in total. The minimum atomic E-state index is -0.594. The van der Waals surface area contributed by atoms with Crippen LogP contribution in [0.25, 0.3) is 0 Å². The topological polar surface area (TPSA) is 67.4 Å². The summed E-state index contributed by atoms with van der Waals surface area (Å²) in [6.07, 6.45) is 0. The van der Waals surface area contributed by atoms with Gasteiger partial charge in [0.05, 0.1) is 7.11 Å². The molecule has 5 heteroatoms. The number of carbonyl (C=O) groups is 2. The zero-order valence-electron chi connectivity index (χ0n) is 8.11. The van der Waals surface area contributed by atoms with Crippen LogP contribution in [-0.4, -0.2) is 19.0 Å². The van der Waals surface area contributed by atoms with Crippen LogP contribution in [0.15, 0.2) is 24.3 Å². The van der Waals surface area contributed by atoms with Gasteiger partial charge in [-0.25, -0.2) is 4.79 Å². The first-order valence-electron chi connectivity index (χ1n) is 4.46. The third-order valence-corrected chi connectivity index (χ3v) is 2.22. The van der Waals surface area contributed by atoms with Crippen molar-refractivity contribution in [1.82, 2.24) is 10.6 Å². The van der Waals surface area contributed by atoms with Crippen molar-refractivity contribution in [3.63, 3.8) is 0 Å². The van der Waals surface area contributed by atoms with E-state index in [1.165, 1.54) is 0 Å². The largest absolute Gasteiger partial charge is 0.497 e. The second-order valence-electron chi connectivity index (χ2n) is 3.17. The van der Waals surface area contributed by atoms with E-state index >= 15 is 0 Å². The first-order valence-corrected chi connectivity index (χ1v) is 4.46. The third-order valence-electron chi connectivity index (χ3n) is 2.22. The molecule has 0 radical (unpaired) electrons. The summed E-state index contributed by atoms with van der Waals surface area (Å²) in [7, 11) is 1.57. The summed E-state index contributed by atoms with van der Waals surface area (Å²) in [5.41, 5.74) is 0.735. The summed E-state index contributed by atoms with van der Waals surface area (Å²) < 4.78 is 4.99. The highest BCUT2D eigenvalue weighted by atomic mass is 16.5. The number of urea groups is 1. The molecule has 1 aromatic carbocycles. The van der Waals surface area contributed by atoms with Crippen LogP contribution in [0.3, 0.4) is 0 Å². The molecular weight excluding hydrogens is 196 g/mol. The molecule has 78 valence electrons. The number of carbonyl (C=O) groups excluding carboxylic acids is 2. The molecule has 2 N–H and O–H groups in total.